The van der Waals surface area contributed by atoms with Gasteiger partial charge < -0.3 is 0 Å². The molecule has 15 heavy (non-hydrogen) atoms. The van der Waals surface area contributed by atoms with Gasteiger partial charge in [-0.05, 0) is 29.8 Å². The molecular formula is C13H12FN. The maximum absolute atomic E-state index is 12.7. The van der Waals surface area contributed by atoms with Gasteiger partial charge in [-0.25, -0.2) is 4.39 Å². The van der Waals surface area contributed by atoms with E-state index >= 15 is 0 Å². The SMILES string of the molecule is C[C@H](c1ccc(F)cc1)c1ccccn1. The van der Waals surface area contributed by atoms with Crippen LogP contribution in [0.2, 0.25) is 0 Å². The molecule has 2 rings (SSSR count). The molecule has 0 aliphatic rings. The highest BCUT2D eigenvalue weighted by Crippen LogP contribution is 2.21. The Morgan fingerprint density at radius 2 is 1.80 bits per heavy atom. The lowest BCUT2D eigenvalue weighted by atomic mass is 9.97. The van der Waals surface area contributed by atoms with Crippen LogP contribution in [0.1, 0.15) is 24.1 Å². The largest absolute Gasteiger partial charge is 0.261 e. The van der Waals surface area contributed by atoms with Gasteiger partial charge in [0.15, 0.2) is 0 Å². The van der Waals surface area contributed by atoms with Crippen LogP contribution in [0.15, 0.2) is 48.7 Å². The van der Waals surface area contributed by atoms with Crippen molar-refractivity contribution in [3.63, 3.8) is 0 Å². The van der Waals surface area contributed by atoms with Crippen molar-refractivity contribution < 1.29 is 4.39 Å². The second-order valence-electron chi connectivity index (χ2n) is 3.53. The third-order valence-electron chi connectivity index (χ3n) is 2.50. The van der Waals surface area contributed by atoms with Crippen LogP contribution in [0.4, 0.5) is 4.39 Å². The van der Waals surface area contributed by atoms with E-state index in [1.165, 1.54) is 12.1 Å². The molecule has 1 atom stereocenters. The Morgan fingerprint density at radius 3 is 2.40 bits per heavy atom. The molecule has 0 fully saturated rings. The Kier molecular flexibility index (Phi) is 2.77. The molecule has 1 heterocycles. The van der Waals surface area contributed by atoms with E-state index in [0.29, 0.717) is 0 Å². The van der Waals surface area contributed by atoms with Crippen molar-refractivity contribution in [3.8, 4) is 0 Å². The first-order chi connectivity index (χ1) is 7.27. The summed E-state index contributed by atoms with van der Waals surface area (Å²) >= 11 is 0. The molecule has 0 saturated heterocycles. The van der Waals surface area contributed by atoms with Crippen molar-refractivity contribution in [1.29, 1.82) is 0 Å². The van der Waals surface area contributed by atoms with Gasteiger partial charge in [0.2, 0.25) is 0 Å². The maximum Gasteiger partial charge on any atom is 0.123 e. The van der Waals surface area contributed by atoms with Crippen molar-refractivity contribution >= 4 is 0 Å². The number of benzene rings is 1. The average Bonchev–Trinajstić information content (AvgIpc) is 2.30. The average molecular weight is 201 g/mol. The van der Waals surface area contributed by atoms with E-state index in [2.05, 4.69) is 11.9 Å². The zero-order valence-electron chi connectivity index (χ0n) is 8.52. The van der Waals surface area contributed by atoms with Gasteiger partial charge in [0.25, 0.3) is 0 Å². The van der Waals surface area contributed by atoms with Gasteiger partial charge in [0.1, 0.15) is 5.82 Å². The molecule has 0 radical (unpaired) electrons. The first-order valence-electron chi connectivity index (χ1n) is 4.94. The van der Waals surface area contributed by atoms with Crippen LogP contribution in [0.5, 0.6) is 0 Å². The van der Waals surface area contributed by atoms with E-state index in [4.69, 9.17) is 0 Å². The van der Waals surface area contributed by atoms with Gasteiger partial charge >= 0.3 is 0 Å². The van der Waals surface area contributed by atoms with E-state index in [1.54, 1.807) is 18.3 Å². The number of hydrogen-bond acceptors (Lipinski definition) is 1. The normalized spacial score (nSPS) is 12.4. The summed E-state index contributed by atoms with van der Waals surface area (Å²) in [6, 6.07) is 12.4. The van der Waals surface area contributed by atoms with Gasteiger partial charge in [-0.2, -0.15) is 0 Å². The van der Waals surface area contributed by atoms with Crippen molar-refractivity contribution in [2.75, 3.05) is 0 Å². The first kappa shape index (κ1) is 9.84. The summed E-state index contributed by atoms with van der Waals surface area (Å²) in [4.78, 5) is 4.28. The number of hydrogen-bond donors (Lipinski definition) is 0. The highest BCUT2D eigenvalue weighted by atomic mass is 19.1. The van der Waals surface area contributed by atoms with Crippen LogP contribution in [-0.4, -0.2) is 4.98 Å². The monoisotopic (exact) mass is 201 g/mol. The number of aromatic nitrogens is 1. The van der Waals surface area contributed by atoms with Crippen LogP contribution in [-0.2, 0) is 0 Å². The van der Waals surface area contributed by atoms with Crippen LogP contribution >= 0.6 is 0 Å². The molecule has 0 unspecified atom stereocenters. The van der Waals surface area contributed by atoms with Crippen LogP contribution in [0.25, 0.3) is 0 Å². The zero-order valence-corrected chi connectivity index (χ0v) is 8.52. The molecule has 1 aromatic heterocycles. The van der Waals surface area contributed by atoms with Crippen LogP contribution in [0.3, 0.4) is 0 Å². The van der Waals surface area contributed by atoms with E-state index in [9.17, 15) is 4.39 Å². The van der Waals surface area contributed by atoms with Crippen molar-refractivity contribution in [1.82, 2.24) is 4.98 Å². The minimum atomic E-state index is -0.202. The number of rotatable bonds is 2. The number of pyridine rings is 1. The molecule has 2 heteroatoms. The fourth-order valence-electron chi connectivity index (χ4n) is 1.55. The summed E-state index contributed by atoms with van der Waals surface area (Å²) in [5.74, 6) is -0.00114. The van der Waals surface area contributed by atoms with E-state index < -0.39 is 0 Å². The molecule has 76 valence electrons. The van der Waals surface area contributed by atoms with E-state index in [0.717, 1.165) is 11.3 Å². The summed E-state index contributed by atoms with van der Waals surface area (Å²) < 4.78 is 12.7. The molecule has 0 amide bonds. The highest BCUT2D eigenvalue weighted by Gasteiger charge is 2.08. The lowest BCUT2D eigenvalue weighted by Crippen LogP contribution is -1.98. The third-order valence-corrected chi connectivity index (χ3v) is 2.50. The lowest BCUT2D eigenvalue weighted by molar-refractivity contribution is 0.626. The molecule has 0 N–H and O–H groups in total. The molecule has 1 nitrogen and oxygen atoms in total. The minimum Gasteiger partial charge on any atom is -0.261 e. The fraction of sp³-hybridized carbons (Fsp3) is 0.154. The predicted molar refractivity (Wildman–Crippen MR) is 58.2 cm³/mol. The van der Waals surface area contributed by atoms with E-state index in [-0.39, 0.29) is 11.7 Å². The van der Waals surface area contributed by atoms with Crippen molar-refractivity contribution in [2.45, 2.75) is 12.8 Å². The Balaban J connectivity index is 2.29. The van der Waals surface area contributed by atoms with Gasteiger partial charge in [-0.15, -0.1) is 0 Å². The Bertz CT molecular complexity index is 422. The molecule has 0 bridgehead atoms. The molecular weight excluding hydrogens is 189 g/mol. The van der Waals surface area contributed by atoms with Gasteiger partial charge in [-0.1, -0.05) is 25.1 Å². The van der Waals surface area contributed by atoms with Gasteiger partial charge in [0, 0.05) is 17.8 Å². The topological polar surface area (TPSA) is 12.9 Å². The number of halogens is 1. The van der Waals surface area contributed by atoms with Crippen molar-refractivity contribution in [2.24, 2.45) is 0 Å². The summed E-state index contributed by atoms with van der Waals surface area (Å²) in [6.07, 6.45) is 1.77. The minimum absolute atomic E-state index is 0.201. The van der Waals surface area contributed by atoms with Crippen LogP contribution in [0, 0.1) is 5.82 Å². The standard InChI is InChI=1S/C13H12FN/c1-10(13-4-2-3-9-15-13)11-5-7-12(14)8-6-11/h2-10H,1H3/t10-/m1/s1. The summed E-state index contributed by atoms with van der Waals surface area (Å²) in [6.45, 7) is 2.07. The molecule has 0 spiro atoms. The highest BCUT2D eigenvalue weighted by molar-refractivity contribution is 5.27. The number of nitrogens with zero attached hydrogens (tertiary/aromatic N) is 1. The van der Waals surface area contributed by atoms with Crippen LogP contribution < -0.4 is 0 Å². The second-order valence-corrected chi connectivity index (χ2v) is 3.53. The Morgan fingerprint density at radius 1 is 1.07 bits per heavy atom. The van der Waals surface area contributed by atoms with Gasteiger partial charge in [-0.3, -0.25) is 4.98 Å². The summed E-state index contributed by atoms with van der Waals surface area (Å²) in [7, 11) is 0. The quantitative estimate of drug-likeness (QED) is 0.725. The van der Waals surface area contributed by atoms with Crippen molar-refractivity contribution in [3.05, 3.63) is 65.7 Å². The molecule has 0 saturated carbocycles. The first-order valence-corrected chi connectivity index (χ1v) is 4.94. The molecule has 1 aromatic carbocycles. The Labute approximate surface area is 88.6 Å². The Hall–Kier alpha value is -1.70. The zero-order chi connectivity index (χ0) is 10.7. The molecule has 0 aliphatic heterocycles. The summed E-state index contributed by atoms with van der Waals surface area (Å²) in [5, 5.41) is 0. The lowest BCUT2D eigenvalue weighted by Gasteiger charge is -2.10. The summed E-state index contributed by atoms with van der Waals surface area (Å²) in [5.41, 5.74) is 2.08. The smallest absolute Gasteiger partial charge is 0.123 e. The third kappa shape index (κ3) is 2.21. The van der Waals surface area contributed by atoms with E-state index in [1.807, 2.05) is 18.2 Å². The molecule has 0 aliphatic carbocycles. The molecule has 2 aromatic rings. The second kappa shape index (κ2) is 4.22. The maximum atomic E-state index is 12.7. The van der Waals surface area contributed by atoms with Gasteiger partial charge in [0.05, 0.1) is 0 Å². The predicted octanol–water partition coefficient (Wildman–Crippen LogP) is 3.37. The fourth-order valence-corrected chi connectivity index (χ4v) is 1.55.